The van der Waals surface area contributed by atoms with Gasteiger partial charge >= 0.3 is 16.4 Å². The Labute approximate surface area is 412 Å². The first-order valence-corrected chi connectivity index (χ1v) is 27.4. The lowest BCUT2D eigenvalue weighted by Crippen LogP contribution is -2.60. The molecule has 390 valence electrons. The smallest absolute Gasteiger partial charge is 0.397 e. The molecule has 4 N–H and O–H groups in total. The molecular formula is C55H92O12S. The van der Waals surface area contributed by atoms with Gasteiger partial charge in [-0.25, -0.2) is 4.18 Å². The van der Waals surface area contributed by atoms with E-state index in [1.165, 1.54) is 44.9 Å². The molecule has 1 aliphatic heterocycles. The summed E-state index contributed by atoms with van der Waals surface area (Å²) in [5.74, 6) is -0.416. The van der Waals surface area contributed by atoms with Crippen LogP contribution in [0, 0.1) is 0 Å². The van der Waals surface area contributed by atoms with E-state index in [9.17, 15) is 33.1 Å². The molecule has 0 aromatic heterocycles. The Bertz CT molecular complexity index is 1550. The van der Waals surface area contributed by atoms with Crippen LogP contribution in [-0.4, -0.2) is 97.5 Å². The Hall–Kier alpha value is -2.98. The SMILES string of the molecule is CC/C=C\C/C=C\C/C=C\C/C=C\C/C=C\CCCCCCCCCCOCC(COC1OC(CO)C(O)C(OS(=O)(=O)O)C1O)OC(=O)CCCCCCCCC/C=C\C/C=C\C/C=C\CC. The zero-order valence-electron chi connectivity index (χ0n) is 41.9. The highest BCUT2D eigenvalue weighted by Crippen LogP contribution is 2.26. The molecule has 68 heavy (non-hydrogen) atoms. The van der Waals surface area contributed by atoms with E-state index in [1.807, 2.05) is 0 Å². The third-order valence-corrected chi connectivity index (χ3v) is 11.7. The molecule has 6 unspecified atom stereocenters. The van der Waals surface area contributed by atoms with Gasteiger partial charge in [-0.2, -0.15) is 8.42 Å². The Balaban J connectivity index is 2.36. The van der Waals surface area contributed by atoms with E-state index < -0.39 is 59.8 Å². The van der Waals surface area contributed by atoms with Gasteiger partial charge in [-0.1, -0.05) is 182 Å². The minimum absolute atomic E-state index is 0.0198. The summed E-state index contributed by atoms with van der Waals surface area (Å²) in [4.78, 5) is 12.9. The highest BCUT2D eigenvalue weighted by atomic mass is 32.3. The van der Waals surface area contributed by atoms with Gasteiger partial charge in [-0.3, -0.25) is 9.35 Å². The number of ether oxygens (including phenoxy) is 4. The summed E-state index contributed by atoms with van der Waals surface area (Å²) in [6.07, 6.45) is 52.9. The number of carbonyl (C=O) groups is 1. The minimum Gasteiger partial charge on any atom is -0.457 e. The molecule has 0 spiro atoms. The van der Waals surface area contributed by atoms with Crippen molar-refractivity contribution < 1.29 is 56.2 Å². The normalized spacial score (nSPS) is 20.1. The van der Waals surface area contributed by atoms with Crippen molar-refractivity contribution in [3.05, 3.63) is 97.2 Å². The van der Waals surface area contributed by atoms with Crippen LogP contribution in [0.25, 0.3) is 0 Å². The predicted molar refractivity (Wildman–Crippen MR) is 275 cm³/mol. The van der Waals surface area contributed by atoms with Crippen LogP contribution in [0.4, 0.5) is 0 Å². The molecule has 13 heteroatoms. The van der Waals surface area contributed by atoms with Crippen molar-refractivity contribution in [1.29, 1.82) is 0 Å². The Morgan fingerprint density at radius 2 is 0.971 bits per heavy atom. The summed E-state index contributed by atoms with van der Waals surface area (Å²) in [7, 11) is -5.07. The Morgan fingerprint density at radius 1 is 0.559 bits per heavy atom. The first-order valence-electron chi connectivity index (χ1n) is 26.0. The number of carbonyl (C=O) groups excluding carboxylic acids is 1. The van der Waals surface area contributed by atoms with Crippen LogP contribution in [-0.2, 0) is 38.3 Å². The van der Waals surface area contributed by atoms with E-state index in [4.69, 9.17) is 18.9 Å². The number of allylic oxidation sites excluding steroid dienone is 16. The average Bonchev–Trinajstić information content (AvgIpc) is 3.31. The molecule has 0 aliphatic carbocycles. The molecule has 1 aliphatic rings. The van der Waals surface area contributed by atoms with E-state index in [1.54, 1.807) is 0 Å². The molecule has 6 atom stereocenters. The van der Waals surface area contributed by atoms with Crippen LogP contribution in [0.1, 0.15) is 181 Å². The van der Waals surface area contributed by atoms with Gasteiger partial charge in [0.1, 0.15) is 30.5 Å². The van der Waals surface area contributed by atoms with Gasteiger partial charge < -0.3 is 34.3 Å². The third-order valence-electron chi connectivity index (χ3n) is 11.2. The third kappa shape index (κ3) is 37.9. The molecule has 1 heterocycles. The van der Waals surface area contributed by atoms with Crippen LogP contribution >= 0.6 is 0 Å². The second kappa shape index (κ2) is 45.2. The molecular weight excluding hydrogens is 885 g/mol. The second-order valence-electron chi connectivity index (χ2n) is 17.3. The van der Waals surface area contributed by atoms with Crippen LogP contribution in [0.2, 0.25) is 0 Å². The molecule has 1 fully saturated rings. The van der Waals surface area contributed by atoms with Gasteiger partial charge in [0.05, 0.1) is 19.8 Å². The van der Waals surface area contributed by atoms with Crippen LogP contribution in [0.5, 0.6) is 0 Å². The summed E-state index contributed by atoms with van der Waals surface area (Å²) < 4.78 is 59.3. The maximum absolute atomic E-state index is 12.9. The van der Waals surface area contributed by atoms with Gasteiger partial charge in [-0.15, -0.1) is 0 Å². The molecule has 0 bridgehead atoms. The van der Waals surface area contributed by atoms with E-state index in [-0.39, 0.29) is 19.6 Å². The molecule has 1 rings (SSSR count). The van der Waals surface area contributed by atoms with E-state index in [0.717, 1.165) is 109 Å². The van der Waals surface area contributed by atoms with Gasteiger partial charge in [0.25, 0.3) is 0 Å². The molecule has 0 saturated carbocycles. The molecule has 0 aromatic carbocycles. The number of rotatable bonds is 44. The largest absolute Gasteiger partial charge is 0.457 e. The molecule has 1 saturated heterocycles. The topological polar surface area (TPSA) is 178 Å². The Morgan fingerprint density at radius 3 is 1.41 bits per heavy atom. The highest BCUT2D eigenvalue weighted by molar-refractivity contribution is 7.80. The van der Waals surface area contributed by atoms with Crippen molar-refractivity contribution in [2.75, 3.05) is 26.4 Å². The van der Waals surface area contributed by atoms with E-state index >= 15 is 0 Å². The highest BCUT2D eigenvalue weighted by Gasteiger charge is 2.48. The lowest BCUT2D eigenvalue weighted by atomic mass is 9.99. The minimum atomic E-state index is -5.07. The van der Waals surface area contributed by atoms with Crippen LogP contribution in [0.15, 0.2) is 97.2 Å². The molecule has 0 aromatic rings. The first-order chi connectivity index (χ1) is 33.1. The molecule has 0 amide bonds. The average molecular weight is 977 g/mol. The fourth-order valence-corrected chi connectivity index (χ4v) is 7.87. The van der Waals surface area contributed by atoms with Gasteiger partial charge in [0, 0.05) is 13.0 Å². The number of hydrogen-bond acceptors (Lipinski definition) is 11. The van der Waals surface area contributed by atoms with Gasteiger partial charge in [0.15, 0.2) is 6.29 Å². The lowest BCUT2D eigenvalue weighted by molar-refractivity contribution is -0.301. The van der Waals surface area contributed by atoms with E-state index in [2.05, 4.69) is 115 Å². The predicted octanol–water partition coefficient (Wildman–Crippen LogP) is 12.2. The first kappa shape index (κ1) is 63.0. The maximum atomic E-state index is 12.9. The zero-order chi connectivity index (χ0) is 49.6. The number of aliphatic hydroxyl groups is 3. The van der Waals surface area contributed by atoms with Crippen molar-refractivity contribution in [1.82, 2.24) is 0 Å². The van der Waals surface area contributed by atoms with Gasteiger partial charge in [-0.05, 0) is 89.9 Å². The lowest BCUT2D eigenvalue weighted by Gasteiger charge is -2.41. The van der Waals surface area contributed by atoms with Crippen LogP contribution < -0.4 is 0 Å². The summed E-state index contributed by atoms with van der Waals surface area (Å²) in [5, 5.41) is 30.8. The van der Waals surface area contributed by atoms with E-state index in [0.29, 0.717) is 13.0 Å². The maximum Gasteiger partial charge on any atom is 0.397 e. The fourth-order valence-electron chi connectivity index (χ4n) is 7.36. The fraction of sp³-hybridized carbons (Fsp3) is 0.691. The number of unbranched alkanes of at least 4 members (excludes halogenated alkanes) is 15. The number of aliphatic hydroxyl groups excluding tert-OH is 3. The van der Waals surface area contributed by atoms with Crippen molar-refractivity contribution >= 4 is 16.4 Å². The number of esters is 1. The summed E-state index contributed by atoms with van der Waals surface area (Å²) >= 11 is 0. The second-order valence-corrected chi connectivity index (χ2v) is 18.4. The summed E-state index contributed by atoms with van der Waals surface area (Å²) in [6.45, 7) is 3.72. The quantitative estimate of drug-likeness (QED) is 0.0197. The van der Waals surface area contributed by atoms with Crippen molar-refractivity contribution in [2.45, 2.75) is 218 Å². The summed E-state index contributed by atoms with van der Waals surface area (Å²) in [6, 6.07) is 0. The monoisotopic (exact) mass is 977 g/mol. The van der Waals surface area contributed by atoms with Crippen molar-refractivity contribution in [2.24, 2.45) is 0 Å². The standard InChI is InChI=1S/C55H92O12S/c1-3-5-7-9-11-13-15-17-19-21-22-23-24-25-26-27-29-31-33-35-37-39-41-43-45-63-47-49(48-64-55-53(59)54(67-68(60,61)62)52(58)50(46-56)66-55)65-51(57)44-42-40-38-36-34-32-30-28-20-18-16-14-12-10-8-6-4-2/h5-8,11-14,17-20,22-23,25-26,49-50,52-56,58-59H,3-4,9-10,15-16,21,24,27-48H2,1-2H3,(H,60,61,62)/b7-5-,8-6-,13-11-,14-12-,19-17-,20-18-,23-22-,26-25-. The van der Waals surface area contributed by atoms with Gasteiger partial charge in [0.2, 0.25) is 0 Å². The van der Waals surface area contributed by atoms with Crippen molar-refractivity contribution in [3.63, 3.8) is 0 Å². The zero-order valence-corrected chi connectivity index (χ0v) is 42.7. The van der Waals surface area contributed by atoms with Crippen LogP contribution in [0.3, 0.4) is 0 Å². The molecule has 0 radical (unpaired) electrons. The van der Waals surface area contributed by atoms with Crippen molar-refractivity contribution in [3.8, 4) is 0 Å². The Kier molecular flexibility index (Phi) is 41.9. The summed E-state index contributed by atoms with van der Waals surface area (Å²) in [5.41, 5.74) is 0. The molecule has 12 nitrogen and oxygen atoms in total. The number of hydrogen-bond donors (Lipinski definition) is 4.